The van der Waals surface area contributed by atoms with Gasteiger partial charge in [-0.2, -0.15) is 4.98 Å². The number of thioether (sulfide) groups is 1. The third kappa shape index (κ3) is 3.19. The lowest BCUT2D eigenvalue weighted by atomic mass is 10.4. The van der Waals surface area contributed by atoms with Crippen molar-refractivity contribution in [3.8, 4) is 0 Å². The van der Waals surface area contributed by atoms with E-state index >= 15 is 0 Å². The van der Waals surface area contributed by atoms with Crippen LogP contribution in [0.2, 0.25) is 0 Å². The highest BCUT2D eigenvalue weighted by atomic mass is 32.2. The minimum Gasteiger partial charge on any atom is -0.394 e. The van der Waals surface area contributed by atoms with Crippen molar-refractivity contribution in [1.29, 1.82) is 0 Å². The Morgan fingerprint density at radius 2 is 2.33 bits per heavy atom. The molecule has 1 aromatic heterocycles. The highest BCUT2D eigenvalue weighted by Crippen LogP contribution is 2.38. The van der Waals surface area contributed by atoms with E-state index in [-0.39, 0.29) is 6.61 Å². The highest BCUT2D eigenvalue weighted by Gasteiger charge is 2.28. The minimum atomic E-state index is -0.666. The fourth-order valence-electron chi connectivity index (χ4n) is 1.17. The Hall–Kier alpha value is -0.590. The topological polar surface area (TPSA) is 79.4 Å². The molecular formula is C9H14N2O3S. The number of rotatable bonds is 6. The van der Waals surface area contributed by atoms with Gasteiger partial charge >= 0.3 is 0 Å². The molecule has 1 atom stereocenters. The van der Waals surface area contributed by atoms with Crippen molar-refractivity contribution in [3.05, 3.63) is 11.7 Å². The lowest BCUT2D eigenvalue weighted by molar-refractivity contribution is 0.113. The molecule has 1 saturated carbocycles. The van der Waals surface area contributed by atoms with Crippen LogP contribution >= 0.6 is 11.8 Å². The zero-order valence-electron chi connectivity index (χ0n) is 8.30. The van der Waals surface area contributed by atoms with Gasteiger partial charge in [-0.1, -0.05) is 5.16 Å². The molecule has 1 heterocycles. The van der Waals surface area contributed by atoms with Crippen LogP contribution < -0.4 is 0 Å². The largest absolute Gasteiger partial charge is 0.394 e. The summed E-state index contributed by atoms with van der Waals surface area (Å²) >= 11 is 1.48. The van der Waals surface area contributed by atoms with Crippen LogP contribution in [0.5, 0.6) is 0 Å². The third-order valence-electron chi connectivity index (χ3n) is 2.17. The van der Waals surface area contributed by atoms with Crippen LogP contribution in [0.4, 0.5) is 0 Å². The molecule has 5 nitrogen and oxygen atoms in total. The zero-order valence-corrected chi connectivity index (χ0v) is 9.11. The average molecular weight is 230 g/mol. The molecule has 0 bridgehead atoms. The molecule has 2 N–H and O–H groups in total. The smallest absolute Gasteiger partial charge is 0.236 e. The van der Waals surface area contributed by atoms with E-state index in [1.807, 2.05) is 0 Å². The summed E-state index contributed by atoms with van der Waals surface area (Å²) in [6.07, 6.45) is 1.66. The lowest BCUT2D eigenvalue weighted by Crippen LogP contribution is -2.14. The van der Waals surface area contributed by atoms with Crippen molar-refractivity contribution < 1.29 is 14.7 Å². The van der Waals surface area contributed by atoms with Crippen molar-refractivity contribution in [2.45, 2.75) is 30.6 Å². The molecular weight excluding hydrogens is 216 g/mol. The monoisotopic (exact) mass is 230 g/mol. The summed E-state index contributed by atoms with van der Waals surface area (Å²) in [5, 5.41) is 21.6. The van der Waals surface area contributed by atoms with Crippen LogP contribution in [-0.4, -0.2) is 38.8 Å². The van der Waals surface area contributed by atoms with Crippen LogP contribution in [0.25, 0.3) is 0 Å². The van der Waals surface area contributed by atoms with E-state index in [2.05, 4.69) is 10.1 Å². The van der Waals surface area contributed by atoms with Crippen molar-refractivity contribution in [2.24, 2.45) is 0 Å². The van der Waals surface area contributed by atoms with E-state index in [9.17, 15) is 0 Å². The Morgan fingerprint density at radius 3 is 3.00 bits per heavy atom. The molecule has 1 aromatic rings. The average Bonchev–Trinajstić information content (AvgIpc) is 2.99. The first-order chi connectivity index (χ1) is 7.29. The zero-order chi connectivity index (χ0) is 10.7. The van der Waals surface area contributed by atoms with Crippen LogP contribution in [0, 0.1) is 0 Å². The molecule has 0 amide bonds. The second kappa shape index (κ2) is 4.96. The molecule has 0 radical (unpaired) electrons. The molecule has 0 saturated heterocycles. The van der Waals surface area contributed by atoms with E-state index in [0.717, 1.165) is 18.7 Å². The Morgan fingerprint density at radius 1 is 1.53 bits per heavy atom. The maximum absolute atomic E-state index is 9.10. The fraction of sp³-hybridized carbons (Fsp3) is 0.778. The predicted octanol–water partition coefficient (Wildman–Crippen LogP) is 0.533. The first-order valence-corrected chi connectivity index (χ1v) is 6.14. The fourth-order valence-corrected chi connectivity index (χ4v) is 1.96. The molecule has 15 heavy (non-hydrogen) atoms. The molecule has 0 aromatic carbocycles. The van der Waals surface area contributed by atoms with Crippen molar-refractivity contribution >= 4 is 11.8 Å². The summed E-state index contributed by atoms with van der Waals surface area (Å²) in [5.74, 6) is 3.00. The number of hydrogen-bond donors (Lipinski definition) is 2. The standard InChI is InChI=1S/C9H14N2O3S/c12-3-7(13)4-15-5-8-10-9(11-14-8)6-1-2-6/h6-7,12-13H,1-5H2. The van der Waals surface area contributed by atoms with Gasteiger partial charge in [0.1, 0.15) is 0 Å². The normalized spacial score (nSPS) is 18.0. The number of aromatic nitrogens is 2. The molecule has 84 valence electrons. The van der Waals surface area contributed by atoms with Gasteiger partial charge in [0.05, 0.1) is 18.5 Å². The van der Waals surface area contributed by atoms with Gasteiger partial charge in [-0.05, 0) is 12.8 Å². The maximum atomic E-state index is 9.10. The molecule has 2 rings (SSSR count). The van der Waals surface area contributed by atoms with E-state index in [1.165, 1.54) is 11.8 Å². The first-order valence-electron chi connectivity index (χ1n) is 4.98. The Bertz CT molecular complexity index is 314. The molecule has 0 spiro atoms. The van der Waals surface area contributed by atoms with Crippen LogP contribution in [-0.2, 0) is 5.75 Å². The molecule has 1 fully saturated rings. The third-order valence-corrected chi connectivity index (χ3v) is 3.24. The van der Waals surface area contributed by atoms with Gasteiger partial charge in [0.15, 0.2) is 5.82 Å². The summed E-state index contributed by atoms with van der Waals surface area (Å²) in [6.45, 7) is -0.204. The Labute approximate surface area is 91.9 Å². The maximum Gasteiger partial charge on any atom is 0.236 e. The summed E-state index contributed by atoms with van der Waals surface area (Å²) in [6, 6.07) is 0. The van der Waals surface area contributed by atoms with Gasteiger partial charge in [0, 0.05) is 11.7 Å². The summed E-state index contributed by atoms with van der Waals surface area (Å²) in [4.78, 5) is 4.25. The van der Waals surface area contributed by atoms with Crippen molar-refractivity contribution in [1.82, 2.24) is 10.1 Å². The summed E-state index contributed by atoms with van der Waals surface area (Å²) in [7, 11) is 0. The SMILES string of the molecule is OCC(O)CSCc1nc(C2CC2)no1. The van der Waals surface area contributed by atoms with Gasteiger partial charge in [0.25, 0.3) is 0 Å². The van der Waals surface area contributed by atoms with E-state index in [4.69, 9.17) is 14.7 Å². The number of hydrogen-bond acceptors (Lipinski definition) is 6. The molecule has 1 aliphatic rings. The lowest BCUT2D eigenvalue weighted by Gasteiger charge is -2.03. The summed E-state index contributed by atoms with van der Waals surface area (Å²) < 4.78 is 5.06. The predicted molar refractivity (Wildman–Crippen MR) is 55.5 cm³/mol. The Kier molecular flexibility index (Phi) is 3.61. The minimum absolute atomic E-state index is 0.204. The van der Waals surface area contributed by atoms with Crippen LogP contribution in [0.3, 0.4) is 0 Å². The van der Waals surface area contributed by atoms with Crippen LogP contribution in [0.15, 0.2) is 4.52 Å². The van der Waals surface area contributed by atoms with Crippen LogP contribution in [0.1, 0.15) is 30.5 Å². The second-order valence-electron chi connectivity index (χ2n) is 3.67. The van der Waals surface area contributed by atoms with E-state index in [1.54, 1.807) is 0 Å². The van der Waals surface area contributed by atoms with Gasteiger partial charge in [-0.3, -0.25) is 0 Å². The van der Waals surface area contributed by atoms with Gasteiger partial charge in [-0.15, -0.1) is 11.8 Å². The number of aliphatic hydroxyl groups is 2. The highest BCUT2D eigenvalue weighted by molar-refractivity contribution is 7.98. The number of nitrogens with zero attached hydrogens (tertiary/aromatic N) is 2. The van der Waals surface area contributed by atoms with Gasteiger partial charge in [-0.25, -0.2) is 0 Å². The van der Waals surface area contributed by atoms with E-state index in [0.29, 0.717) is 23.3 Å². The molecule has 6 heteroatoms. The second-order valence-corrected chi connectivity index (χ2v) is 4.70. The van der Waals surface area contributed by atoms with Crippen molar-refractivity contribution in [3.63, 3.8) is 0 Å². The molecule has 0 aliphatic heterocycles. The number of aliphatic hydroxyl groups excluding tert-OH is 2. The quantitative estimate of drug-likeness (QED) is 0.742. The molecule has 1 aliphatic carbocycles. The Balaban J connectivity index is 1.73. The van der Waals surface area contributed by atoms with Gasteiger partial charge in [0.2, 0.25) is 5.89 Å². The summed E-state index contributed by atoms with van der Waals surface area (Å²) in [5.41, 5.74) is 0. The first kappa shape index (κ1) is 10.9. The van der Waals surface area contributed by atoms with Crippen molar-refractivity contribution in [2.75, 3.05) is 12.4 Å². The van der Waals surface area contributed by atoms with Gasteiger partial charge < -0.3 is 14.7 Å². The molecule has 1 unspecified atom stereocenters. The van der Waals surface area contributed by atoms with E-state index < -0.39 is 6.10 Å².